The Morgan fingerprint density at radius 3 is 2.75 bits per heavy atom. The number of hydrogen-bond donors (Lipinski definition) is 2. The SMILES string of the molecule is Cc1cc(NC(C)c2ccccc2F)c(C(=O)O)cn1. The van der Waals surface area contributed by atoms with Crippen molar-refractivity contribution in [2.75, 3.05) is 5.32 Å². The zero-order valence-corrected chi connectivity index (χ0v) is 11.2. The predicted molar refractivity (Wildman–Crippen MR) is 74.4 cm³/mol. The predicted octanol–water partition coefficient (Wildman–Crippen LogP) is 3.40. The molecule has 2 N–H and O–H groups in total. The van der Waals surface area contributed by atoms with Gasteiger partial charge in [0, 0.05) is 17.5 Å². The minimum Gasteiger partial charge on any atom is -0.478 e. The highest BCUT2D eigenvalue weighted by molar-refractivity contribution is 5.93. The Balaban J connectivity index is 2.32. The van der Waals surface area contributed by atoms with Gasteiger partial charge in [-0.2, -0.15) is 0 Å². The molecule has 20 heavy (non-hydrogen) atoms. The Bertz CT molecular complexity index is 644. The van der Waals surface area contributed by atoms with E-state index < -0.39 is 5.97 Å². The Hall–Kier alpha value is -2.43. The number of hydrogen-bond acceptors (Lipinski definition) is 3. The van der Waals surface area contributed by atoms with Gasteiger partial charge in [0.2, 0.25) is 0 Å². The summed E-state index contributed by atoms with van der Waals surface area (Å²) in [5.41, 5.74) is 1.68. The molecule has 1 atom stereocenters. The number of benzene rings is 1. The number of halogens is 1. The van der Waals surface area contributed by atoms with Crippen LogP contribution in [0.5, 0.6) is 0 Å². The minimum atomic E-state index is -1.07. The summed E-state index contributed by atoms with van der Waals surface area (Å²) in [5, 5.41) is 12.2. The van der Waals surface area contributed by atoms with Crippen LogP contribution in [-0.2, 0) is 0 Å². The van der Waals surface area contributed by atoms with Crippen molar-refractivity contribution < 1.29 is 14.3 Å². The standard InChI is InChI=1S/C15H15FN2O2/c1-9-7-14(12(8-17-9)15(19)20)18-10(2)11-5-3-4-6-13(11)16/h3-8,10H,1-2H3,(H,17,18)(H,19,20). The molecule has 2 rings (SSSR count). The maximum Gasteiger partial charge on any atom is 0.339 e. The number of aromatic nitrogens is 1. The lowest BCUT2D eigenvalue weighted by Gasteiger charge is -2.18. The van der Waals surface area contributed by atoms with Crippen LogP contribution in [0, 0.1) is 12.7 Å². The van der Waals surface area contributed by atoms with Crippen molar-refractivity contribution >= 4 is 11.7 Å². The van der Waals surface area contributed by atoms with Crippen LogP contribution in [0.1, 0.15) is 34.6 Å². The van der Waals surface area contributed by atoms with Gasteiger partial charge in [-0.15, -0.1) is 0 Å². The van der Waals surface area contributed by atoms with E-state index in [1.807, 2.05) is 0 Å². The Morgan fingerprint density at radius 1 is 1.40 bits per heavy atom. The molecule has 4 nitrogen and oxygen atoms in total. The van der Waals surface area contributed by atoms with Gasteiger partial charge in [-0.05, 0) is 26.0 Å². The molecular weight excluding hydrogens is 259 g/mol. The summed E-state index contributed by atoms with van der Waals surface area (Å²) in [5.74, 6) is -1.39. The van der Waals surface area contributed by atoms with Gasteiger partial charge < -0.3 is 10.4 Å². The molecule has 0 aliphatic carbocycles. The van der Waals surface area contributed by atoms with Gasteiger partial charge in [0.15, 0.2) is 0 Å². The molecule has 0 fully saturated rings. The van der Waals surface area contributed by atoms with Gasteiger partial charge >= 0.3 is 5.97 Å². The first-order chi connectivity index (χ1) is 9.49. The highest BCUT2D eigenvalue weighted by atomic mass is 19.1. The van der Waals surface area contributed by atoms with Crippen molar-refractivity contribution in [2.45, 2.75) is 19.9 Å². The molecule has 1 heterocycles. The second-order valence-corrected chi connectivity index (χ2v) is 4.56. The average molecular weight is 274 g/mol. The van der Waals surface area contributed by atoms with Crippen molar-refractivity contribution in [3.63, 3.8) is 0 Å². The molecule has 2 aromatic rings. The van der Waals surface area contributed by atoms with Crippen LogP contribution in [0.2, 0.25) is 0 Å². The Kier molecular flexibility index (Phi) is 3.98. The third-order valence-corrected chi connectivity index (χ3v) is 3.01. The van der Waals surface area contributed by atoms with E-state index in [0.29, 0.717) is 16.9 Å². The second-order valence-electron chi connectivity index (χ2n) is 4.56. The summed E-state index contributed by atoms with van der Waals surface area (Å²) in [6.45, 7) is 3.55. The summed E-state index contributed by atoms with van der Waals surface area (Å²) in [6.07, 6.45) is 1.30. The van der Waals surface area contributed by atoms with Crippen molar-refractivity contribution in [1.29, 1.82) is 0 Å². The van der Waals surface area contributed by atoms with Crippen LogP contribution < -0.4 is 5.32 Å². The first-order valence-electron chi connectivity index (χ1n) is 6.20. The minimum absolute atomic E-state index is 0.0683. The van der Waals surface area contributed by atoms with Crippen LogP contribution in [-0.4, -0.2) is 16.1 Å². The maximum atomic E-state index is 13.7. The number of carboxylic acids is 1. The fourth-order valence-corrected chi connectivity index (χ4v) is 1.99. The maximum absolute atomic E-state index is 13.7. The van der Waals surface area contributed by atoms with Gasteiger partial charge in [0.1, 0.15) is 11.4 Å². The molecule has 104 valence electrons. The van der Waals surface area contributed by atoms with Crippen LogP contribution in [0.3, 0.4) is 0 Å². The molecule has 0 bridgehead atoms. The lowest BCUT2D eigenvalue weighted by molar-refractivity contribution is 0.0697. The number of rotatable bonds is 4. The van der Waals surface area contributed by atoms with E-state index in [1.165, 1.54) is 12.3 Å². The van der Waals surface area contributed by atoms with E-state index in [2.05, 4.69) is 10.3 Å². The summed E-state index contributed by atoms with van der Waals surface area (Å²) < 4.78 is 13.7. The van der Waals surface area contributed by atoms with Crippen LogP contribution in [0.15, 0.2) is 36.5 Å². The number of nitrogens with one attached hydrogen (secondary N) is 1. The third kappa shape index (κ3) is 2.93. The average Bonchev–Trinajstić information content (AvgIpc) is 2.38. The topological polar surface area (TPSA) is 62.2 Å². The monoisotopic (exact) mass is 274 g/mol. The molecular formula is C15H15FN2O2. The van der Waals surface area contributed by atoms with Crippen molar-refractivity contribution in [1.82, 2.24) is 4.98 Å². The number of aryl methyl sites for hydroxylation is 1. The molecule has 0 amide bonds. The van der Waals surface area contributed by atoms with Crippen molar-refractivity contribution in [3.05, 3.63) is 59.2 Å². The van der Waals surface area contributed by atoms with Gasteiger partial charge in [-0.1, -0.05) is 18.2 Å². The smallest absolute Gasteiger partial charge is 0.339 e. The summed E-state index contributed by atoms with van der Waals surface area (Å²) in [4.78, 5) is 15.1. The lowest BCUT2D eigenvalue weighted by atomic mass is 10.1. The number of carboxylic acid groups (broad SMARTS) is 1. The fraction of sp³-hybridized carbons (Fsp3) is 0.200. The second kappa shape index (κ2) is 5.69. The number of aromatic carboxylic acids is 1. The summed E-state index contributed by atoms with van der Waals surface area (Å²) in [7, 11) is 0. The molecule has 0 aliphatic heterocycles. The Morgan fingerprint density at radius 2 is 2.10 bits per heavy atom. The lowest BCUT2D eigenvalue weighted by Crippen LogP contribution is -2.12. The number of carbonyl (C=O) groups is 1. The number of nitrogens with zero attached hydrogens (tertiary/aromatic N) is 1. The zero-order chi connectivity index (χ0) is 14.7. The van der Waals surface area contributed by atoms with E-state index in [9.17, 15) is 9.18 Å². The molecule has 0 aliphatic rings. The molecule has 0 spiro atoms. The number of pyridine rings is 1. The van der Waals surface area contributed by atoms with E-state index in [-0.39, 0.29) is 17.4 Å². The molecule has 0 radical (unpaired) electrons. The van der Waals surface area contributed by atoms with Gasteiger partial charge in [0.25, 0.3) is 0 Å². The molecule has 1 unspecified atom stereocenters. The molecule has 1 aromatic heterocycles. The van der Waals surface area contributed by atoms with E-state index in [0.717, 1.165) is 0 Å². The van der Waals surface area contributed by atoms with E-state index >= 15 is 0 Å². The van der Waals surface area contributed by atoms with Gasteiger partial charge in [-0.3, -0.25) is 4.98 Å². The van der Waals surface area contributed by atoms with Gasteiger partial charge in [-0.25, -0.2) is 9.18 Å². The van der Waals surface area contributed by atoms with Crippen molar-refractivity contribution in [3.8, 4) is 0 Å². The summed E-state index contributed by atoms with van der Waals surface area (Å²) >= 11 is 0. The summed E-state index contributed by atoms with van der Waals surface area (Å²) in [6, 6.07) is 7.69. The van der Waals surface area contributed by atoms with Crippen LogP contribution in [0.4, 0.5) is 10.1 Å². The third-order valence-electron chi connectivity index (χ3n) is 3.01. The van der Waals surface area contributed by atoms with E-state index in [1.54, 1.807) is 38.1 Å². The Labute approximate surface area is 116 Å². The molecule has 5 heteroatoms. The molecule has 1 aromatic carbocycles. The number of anilines is 1. The normalized spacial score (nSPS) is 11.9. The first-order valence-corrected chi connectivity index (χ1v) is 6.20. The highest BCUT2D eigenvalue weighted by Gasteiger charge is 2.15. The molecule has 0 saturated heterocycles. The highest BCUT2D eigenvalue weighted by Crippen LogP contribution is 2.24. The quantitative estimate of drug-likeness (QED) is 0.897. The van der Waals surface area contributed by atoms with Crippen molar-refractivity contribution in [2.24, 2.45) is 0 Å². The van der Waals surface area contributed by atoms with E-state index in [4.69, 9.17) is 5.11 Å². The van der Waals surface area contributed by atoms with Gasteiger partial charge in [0.05, 0.1) is 11.7 Å². The first kappa shape index (κ1) is 14.0. The zero-order valence-electron chi connectivity index (χ0n) is 11.2. The largest absolute Gasteiger partial charge is 0.478 e. The van der Waals surface area contributed by atoms with Crippen LogP contribution >= 0.6 is 0 Å². The molecule has 0 saturated carbocycles. The van der Waals surface area contributed by atoms with Crippen LogP contribution in [0.25, 0.3) is 0 Å². The fourth-order valence-electron chi connectivity index (χ4n) is 1.99.